The number of rotatable bonds is 4. The Balaban J connectivity index is 1.63. The van der Waals surface area contributed by atoms with Gasteiger partial charge in [-0.3, -0.25) is 4.79 Å². The Morgan fingerprint density at radius 1 is 1.32 bits per heavy atom. The van der Waals surface area contributed by atoms with Crippen LogP contribution in [-0.2, 0) is 15.3 Å². The first-order valence-corrected chi connectivity index (χ1v) is 9.23. The van der Waals surface area contributed by atoms with Crippen LogP contribution in [0.2, 0.25) is 5.02 Å². The molecule has 28 heavy (non-hydrogen) atoms. The van der Waals surface area contributed by atoms with Crippen molar-refractivity contribution in [3.05, 3.63) is 64.4 Å². The summed E-state index contributed by atoms with van der Waals surface area (Å²) < 4.78 is 32.2. The van der Waals surface area contributed by atoms with Crippen LogP contribution >= 0.6 is 11.6 Å². The summed E-state index contributed by atoms with van der Waals surface area (Å²) >= 11 is 5.85. The molecule has 2 aliphatic rings. The van der Waals surface area contributed by atoms with Gasteiger partial charge in [-0.25, -0.2) is 4.39 Å². The van der Waals surface area contributed by atoms with Crippen molar-refractivity contribution in [1.29, 1.82) is 0 Å². The van der Waals surface area contributed by atoms with E-state index in [1.54, 1.807) is 25.1 Å². The highest BCUT2D eigenvalue weighted by Gasteiger charge is 2.42. The topological polar surface area (TPSA) is 65.0 Å². The molecule has 0 aromatic heterocycles. The number of carbonyl (C=O) groups is 1. The third-order valence-electron chi connectivity index (χ3n) is 4.85. The molecule has 2 heterocycles. The lowest BCUT2D eigenvalue weighted by Crippen LogP contribution is -2.32. The number of fused-ring (bicyclic) bond motifs is 1. The Kier molecular flexibility index (Phi) is 4.77. The molecule has 5 nitrogen and oxygen atoms in total. The number of halogens is 2. The number of para-hydroxylation sites is 1. The summed E-state index contributed by atoms with van der Waals surface area (Å²) in [5, 5.41) is 9.20. The number of hydrogen-bond donors (Lipinski definition) is 1. The standard InChI is InChI=1S/C21H18ClFO5/c1-21(16-8-6-13(22)9-17(16)23)27-18-4-2-3-15(20(18)28-21)12-5-7-14(26-11-12)10-19(24)25/h2-6,8-9,14H,7,10-11H2,1H3,(H,24,25)/t14-,21+/m0/s1. The van der Waals surface area contributed by atoms with Crippen molar-refractivity contribution in [3.63, 3.8) is 0 Å². The maximum Gasteiger partial charge on any atom is 0.305 e. The molecule has 0 amide bonds. The van der Waals surface area contributed by atoms with E-state index in [4.69, 9.17) is 30.9 Å². The Bertz CT molecular complexity index is 973. The average molecular weight is 405 g/mol. The van der Waals surface area contributed by atoms with Gasteiger partial charge in [-0.1, -0.05) is 29.8 Å². The molecule has 0 fully saturated rings. The molecule has 1 N–H and O–H groups in total. The van der Waals surface area contributed by atoms with Crippen LogP contribution < -0.4 is 9.47 Å². The fourth-order valence-electron chi connectivity index (χ4n) is 3.48. The highest BCUT2D eigenvalue weighted by atomic mass is 35.5. The monoisotopic (exact) mass is 404 g/mol. The van der Waals surface area contributed by atoms with E-state index >= 15 is 0 Å². The normalized spacial score (nSPS) is 23.4. The molecule has 2 aliphatic heterocycles. The first kappa shape index (κ1) is 18.8. The molecule has 2 atom stereocenters. The summed E-state index contributed by atoms with van der Waals surface area (Å²) in [6.07, 6.45) is 2.07. The molecule has 0 spiro atoms. The van der Waals surface area contributed by atoms with Crippen LogP contribution in [0.4, 0.5) is 4.39 Å². The fraction of sp³-hybridized carbons (Fsp3) is 0.286. The van der Waals surface area contributed by atoms with E-state index in [1.807, 2.05) is 18.2 Å². The average Bonchev–Trinajstić information content (AvgIpc) is 2.98. The van der Waals surface area contributed by atoms with Crippen LogP contribution in [0.1, 0.15) is 30.9 Å². The summed E-state index contributed by atoms with van der Waals surface area (Å²) in [6.45, 7) is 1.92. The number of carboxylic acids is 1. The largest absolute Gasteiger partial charge is 0.481 e. The van der Waals surface area contributed by atoms with Crippen molar-refractivity contribution in [2.75, 3.05) is 6.61 Å². The summed E-state index contributed by atoms with van der Waals surface area (Å²) in [4.78, 5) is 10.9. The van der Waals surface area contributed by atoms with Crippen molar-refractivity contribution in [1.82, 2.24) is 0 Å². The molecule has 0 aliphatic carbocycles. The molecule has 0 radical (unpaired) electrons. The molecular weight excluding hydrogens is 387 g/mol. The second kappa shape index (κ2) is 7.11. The zero-order valence-electron chi connectivity index (χ0n) is 15.1. The lowest BCUT2D eigenvalue weighted by molar-refractivity contribution is -0.140. The number of benzene rings is 2. The number of hydrogen-bond acceptors (Lipinski definition) is 4. The third-order valence-corrected chi connectivity index (χ3v) is 5.09. The zero-order valence-corrected chi connectivity index (χ0v) is 15.8. The van der Waals surface area contributed by atoms with E-state index in [0.717, 1.165) is 11.1 Å². The smallest absolute Gasteiger partial charge is 0.305 e. The molecule has 0 bridgehead atoms. The van der Waals surface area contributed by atoms with E-state index in [2.05, 4.69) is 0 Å². The Morgan fingerprint density at radius 2 is 2.14 bits per heavy atom. The summed E-state index contributed by atoms with van der Waals surface area (Å²) in [6, 6.07) is 9.81. The third kappa shape index (κ3) is 3.45. The molecule has 2 aromatic rings. The van der Waals surface area contributed by atoms with Crippen molar-refractivity contribution in [3.8, 4) is 11.5 Å². The van der Waals surface area contributed by atoms with Crippen LogP contribution in [0.25, 0.3) is 5.57 Å². The SMILES string of the molecule is C[C@@]1(c2ccc(Cl)cc2F)Oc2cccc(C3=CC[C@@H](CC(=O)O)OC3)c2O1. The van der Waals surface area contributed by atoms with Gasteiger partial charge < -0.3 is 19.3 Å². The highest BCUT2D eigenvalue weighted by Crippen LogP contribution is 2.48. The number of aliphatic carboxylic acids is 1. The molecule has 146 valence electrons. The predicted molar refractivity (Wildman–Crippen MR) is 101 cm³/mol. The molecule has 0 saturated carbocycles. The summed E-state index contributed by atoms with van der Waals surface area (Å²) in [7, 11) is 0. The van der Waals surface area contributed by atoms with Gasteiger partial charge in [-0.15, -0.1) is 0 Å². The summed E-state index contributed by atoms with van der Waals surface area (Å²) in [5.74, 6) is -1.72. The Hall–Kier alpha value is -2.57. The number of ether oxygens (including phenoxy) is 3. The molecule has 7 heteroatoms. The van der Waals surface area contributed by atoms with Crippen LogP contribution in [0.5, 0.6) is 11.5 Å². The Labute approximate surface area is 166 Å². The van der Waals surface area contributed by atoms with Gasteiger partial charge in [0, 0.05) is 17.5 Å². The van der Waals surface area contributed by atoms with Gasteiger partial charge in [0.2, 0.25) is 0 Å². The van der Waals surface area contributed by atoms with E-state index in [1.165, 1.54) is 6.07 Å². The first-order valence-electron chi connectivity index (χ1n) is 8.85. The molecule has 2 aromatic carbocycles. The van der Waals surface area contributed by atoms with Gasteiger partial charge in [0.1, 0.15) is 5.82 Å². The van der Waals surface area contributed by atoms with Gasteiger partial charge >= 0.3 is 5.97 Å². The fourth-order valence-corrected chi connectivity index (χ4v) is 3.64. The lowest BCUT2D eigenvalue weighted by atomic mass is 9.99. The van der Waals surface area contributed by atoms with Crippen molar-refractivity contribution in [2.45, 2.75) is 31.7 Å². The minimum Gasteiger partial charge on any atom is -0.481 e. The maximum absolute atomic E-state index is 14.4. The van der Waals surface area contributed by atoms with E-state index < -0.39 is 17.6 Å². The minimum atomic E-state index is -1.32. The van der Waals surface area contributed by atoms with Gasteiger partial charge in [0.15, 0.2) is 11.5 Å². The zero-order chi connectivity index (χ0) is 19.9. The van der Waals surface area contributed by atoms with Gasteiger partial charge in [-0.2, -0.15) is 0 Å². The quantitative estimate of drug-likeness (QED) is 0.795. The van der Waals surface area contributed by atoms with E-state index in [9.17, 15) is 9.18 Å². The number of carboxylic acid groups (broad SMARTS) is 1. The Morgan fingerprint density at radius 3 is 2.82 bits per heavy atom. The van der Waals surface area contributed by atoms with E-state index in [0.29, 0.717) is 22.9 Å². The molecular formula is C21H18ClFO5. The van der Waals surface area contributed by atoms with Crippen molar-refractivity contribution in [2.24, 2.45) is 0 Å². The first-order chi connectivity index (χ1) is 13.4. The summed E-state index contributed by atoms with van der Waals surface area (Å²) in [5.41, 5.74) is 1.90. The van der Waals surface area contributed by atoms with Crippen molar-refractivity contribution < 1.29 is 28.5 Å². The van der Waals surface area contributed by atoms with Crippen LogP contribution in [0.15, 0.2) is 42.5 Å². The van der Waals surface area contributed by atoms with Crippen LogP contribution in [-0.4, -0.2) is 23.8 Å². The maximum atomic E-state index is 14.4. The van der Waals surface area contributed by atoms with Crippen molar-refractivity contribution >= 4 is 23.1 Å². The minimum absolute atomic E-state index is 0.0375. The second-order valence-corrected chi connectivity index (χ2v) is 7.34. The molecule has 4 rings (SSSR count). The van der Waals surface area contributed by atoms with Crippen LogP contribution in [0, 0.1) is 5.82 Å². The highest BCUT2D eigenvalue weighted by molar-refractivity contribution is 6.30. The lowest BCUT2D eigenvalue weighted by Gasteiger charge is -2.25. The van der Waals surface area contributed by atoms with Crippen LogP contribution in [0.3, 0.4) is 0 Å². The second-order valence-electron chi connectivity index (χ2n) is 6.90. The van der Waals surface area contributed by atoms with Gasteiger partial charge in [0.25, 0.3) is 5.79 Å². The molecule has 0 unspecified atom stereocenters. The van der Waals surface area contributed by atoms with Gasteiger partial charge in [0.05, 0.1) is 24.7 Å². The van der Waals surface area contributed by atoms with Gasteiger partial charge in [-0.05, 0) is 36.3 Å². The molecule has 0 saturated heterocycles. The predicted octanol–water partition coefficient (Wildman–Crippen LogP) is 4.77. The van der Waals surface area contributed by atoms with E-state index in [-0.39, 0.29) is 24.7 Å².